The van der Waals surface area contributed by atoms with Gasteiger partial charge in [0.1, 0.15) is 6.04 Å². The van der Waals surface area contributed by atoms with E-state index >= 15 is 0 Å². The van der Waals surface area contributed by atoms with Crippen molar-refractivity contribution in [2.75, 3.05) is 7.11 Å². The molecule has 0 aromatic heterocycles. The summed E-state index contributed by atoms with van der Waals surface area (Å²) in [5.74, 6) is -1.84. The van der Waals surface area contributed by atoms with Crippen LogP contribution in [0.5, 0.6) is 0 Å². The van der Waals surface area contributed by atoms with E-state index in [4.69, 9.17) is 0 Å². The third kappa shape index (κ3) is 3.57. The number of carbonyl (C=O) groups is 3. The molecular weight excluding hydrogens is 300 g/mol. The maximum absolute atomic E-state index is 12.1. The molecule has 122 valence electrons. The highest BCUT2D eigenvalue weighted by molar-refractivity contribution is 5.96. The minimum Gasteiger partial charge on any atom is -0.466 e. The van der Waals surface area contributed by atoms with Crippen LogP contribution < -0.4 is 5.32 Å². The highest BCUT2D eigenvalue weighted by Crippen LogP contribution is 2.25. The van der Waals surface area contributed by atoms with Crippen molar-refractivity contribution in [3.63, 3.8) is 0 Å². The van der Waals surface area contributed by atoms with E-state index in [1.54, 1.807) is 12.2 Å². The van der Waals surface area contributed by atoms with Crippen molar-refractivity contribution >= 4 is 23.9 Å². The third-order valence-corrected chi connectivity index (χ3v) is 3.50. The molecule has 0 saturated carbocycles. The zero-order valence-corrected chi connectivity index (χ0v) is 12.8. The summed E-state index contributed by atoms with van der Waals surface area (Å²) in [6.07, 6.45) is 1.70. The van der Waals surface area contributed by atoms with Crippen molar-refractivity contribution in [3.8, 4) is 0 Å². The number of nitrogens with zero attached hydrogens (tertiary/aromatic N) is 1. The number of likely N-dealkylation sites (tertiary alicyclic amines) is 1. The predicted octanol–water partition coefficient (Wildman–Crippen LogP) is -0.0933. The number of hydrogen-bond donors (Lipinski definition) is 2. The predicted molar refractivity (Wildman–Crippen MR) is 81.7 cm³/mol. The number of aliphatic hydroxyl groups is 1. The van der Waals surface area contributed by atoms with E-state index in [1.807, 2.05) is 30.3 Å². The zero-order valence-electron chi connectivity index (χ0n) is 12.8. The molecule has 1 heterocycles. The van der Waals surface area contributed by atoms with Gasteiger partial charge in [0.2, 0.25) is 12.1 Å². The van der Waals surface area contributed by atoms with Crippen LogP contribution >= 0.6 is 0 Å². The summed E-state index contributed by atoms with van der Waals surface area (Å²) in [7, 11) is 1.12. The smallest absolute Gasteiger partial charge is 0.356 e. The average Bonchev–Trinajstić information content (AvgIpc) is 2.55. The minimum atomic E-state index is -1.71. The number of ether oxygens (including phenoxy) is 1. The van der Waals surface area contributed by atoms with Crippen LogP contribution in [0.2, 0.25) is 0 Å². The Morgan fingerprint density at radius 3 is 2.57 bits per heavy atom. The second-order valence-electron chi connectivity index (χ2n) is 5.08. The van der Waals surface area contributed by atoms with Crippen LogP contribution in [0.1, 0.15) is 12.5 Å². The highest BCUT2D eigenvalue weighted by Gasteiger charge is 2.51. The Labute approximate surface area is 133 Å². The van der Waals surface area contributed by atoms with E-state index in [1.165, 1.54) is 6.92 Å². The topological polar surface area (TPSA) is 95.9 Å². The fraction of sp³-hybridized carbons (Fsp3) is 0.312. The molecule has 2 N–H and O–H groups in total. The molecule has 1 aromatic rings. The summed E-state index contributed by atoms with van der Waals surface area (Å²) >= 11 is 0. The summed E-state index contributed by atoms with van der Waals surface area (Å²) in [6, 6.07) is 7.87. The third-order valence-electron chi connectivity index (χ3n) is 3.50. The largest absolute Gasteiger partial charge is 0.466 e. The van der Waals surface area contributed by atoms with Crippen LogP contribution in [0.4, 0.5) is 0 Å². The Morgan fingerprint density at radius 1 is 1.35 bits per heavy atom. The molecule has 23 heavy (non-hydrogen) atoms. The Hall–Kier alpha value is -2.67. The minimum absolute atomic E-state index is 0.367. The van der Waals surface area contributed by atoms with E-state index in [-0.39, 0.29) is 5.91 Å². The fourth-order valence-corrected chi connectivity index (χ4v) is 2.38. The first-order chi connectivity index (χ1) is 11.0. The van der Waals surface area contributed by atoms with Crippen molar-refractivity contribution in [1.29, 1.82) is 0 Å². The molecule has 1 saturated heterocycles. The number of β-lactam (4-membered cyclic amide) rings is 1. The summed E-state index contributed by atoms with van der Waals surface area (Å²) in [4.78, 5) is 35.7. The van der Waals surface area contributed by atoms with Gasteiger partial charge in [-0.2, -0.15) is 0 Å². The number of aliphatic hydroxyl groups excluding tert-OH is 1. The molecule has 0 spiro atoms. The molecule has 1 aromatic carbocycles. The number of rotatable bonds is 5. The van der Waals surface area contributed by atoms with Crippen LogP contribution in [-0.4, -0.2) is 53.2 Å². The van der Waals surface area contributed by atoms with Crippen LogP contribution in [0, 0.1) is 0 Å². The molecule has 1 fully saturated rings. The lowest BCUT2D eigenvalue weighted by Crippen LogP contribution is -2.73. The first-order valence-corrected chi connectivity index (χ1v) is 7.04. The SMILES string of the molecule is COC(=O)C(O)N1C(=O)C(NC(C)=O)C1C=Cc1ccccc1. The second kappa shape index (κ2) is 7.06. The molecule has 1 aliphatic rings. The lowest BCUT2D eigenvalue weighted by Gasteiger charge is -2.46. The number of esters is 1. The maximum Gasteiger partial charge on any atom is 0.356 e. The monoisotopic (exact) mass is 318 g/mol. The van der Waals surface area contributed by atoms with Crippen LogP contribution in [-0.2, 0) is 19.1 Å². The van der Waals surface area contributed by atoms with E-state index in [0.29, 0.717) is 0 Å². The first-order valence-electron chi connectivity index (χ1n) is 7.04. The van der Waals surface area contributed by atoms with E-state index < -0.39 is 30.2 Å². The second-order valence-corrected chi connectivity index (χ2v) is 5.08. The quantitative estimate of drug-likeness (QED) is 0.584. The number of methoxy groups -OCH3 is 1. The van der Waals surface area contributed by atoms with Gasteiger partial charge in [-0.3, -0.25) is 14.5 Å². The zero-order chi connectivity index (χ0) is 17.0. The van der Waals surface area contributed by atoms with Gasteiger partial charge in [-0.15, -0.1) is 0 Å². The van der Waals surface area contributed by atoms with Crippen LogP contribution in [0.25, 0.3) is 6.08 Å². The lowest BCUT2D eigenvalue weighted by molar-refractivity contribution is -0.182. The van der Waals surface area contributed by atoms with Crippen molar-refractivity contribution in [2.24, 2.45) is 0 Å². The standard InChI is InChI=1S/C16H18N2O5/c1-10(19)17-13-12(9-8-11-6-4-3-5-7-11)18(14(13)20)15(21)16(22)23-2/h3-9,12-13,15,21H,1-2H3,(H,17,19). The molecule has 7 nitrogen and oxygen atoms in total. The Kier molecular flexibility index (Phi) is 5.13. The average molecular weight is 318 g/mol. The van der Waals surface area contributed by atoms with Gasteiger partial charge in [-0.1, -0.05) is 42.5 Å². The molecule has 2 amide bonds. The summed E-state index contributed by atoms with van der Waals surface area (Å²) < 4.78 is 4.45. The summed E-state index contributed by atoms with van der Waals surface area (Å²) in [5, 5.41) is 12.4. The van der Waals surface area contributed by atoms with Crippen molar-refractivity contribution in [3.05, 3.63) is 42.0 Å². The fourth-order valence-electron chi connectivity index (χ4n) is 2.38. The Bertz CT molecular complexity index is 629. The first kappa shape index (κ1) is 16.7. The van der Waals surface area contributed by atoms with E-state index in [2.05, 4.69) is 10.1 Å². The summed E-state index contributed by atoms with van der Waals surface area (Å²) in [6.45, 7) is 1.30. The number of hydrogen-bond acceptors (Lipinski definition) is 5. The number of amides is 2. The molecule has 0 aliphatic carbocycles. The van der Waals surface area contributed by atoms with Crippen molar-refractivity contribution in [2.45, 2.75) is 25.2 Å². The number of benzene rings is 1. The van der Waals surface area contributed by atoms with Gasteiger partial charge < -0.3 is 15.2 Å². The molecule has 7 heteroatoms. The maximum atomic E-state index is 12.1. The Balaban J connectivity index is 2.20. The number of carbonyl (C=O) groups excluding carboxylic acids is 3. The molecule has 3 atom stereocenters. The molecule has 0 radical (unpaired) electrons. The van der Waals surface area contributed by atoms with Crippen molar-refractivity contribution in [1.82, 2.24) is 10.2 Å². The molecule has 2 rings (SSSR count). The van der Waals surface area contributed by atoms with Gasteiger partial charge in [-0.05, 0) is 5.56 Å². The van der Waals surface area contributed by atoms with Gasteiger partial charge in [-0.25, -0.2) is 4.79 Å². The Morgan fingerprint density at radius 2 is 2.00 bits per heavy atom. The summed E-state index contributed by atoms with van der Waals surface area (Å²) in [5.41, 5.74) is 0.890. The molecular formula is C16H18N2O5. The van der Waals surface area contributed by atoms with Gasteiger partial charge >= 0.3 is 5.97 Å². The normalized spacial score (nSPS) is 21.7. The van der Waals surface area contributed by atoms with Gasteiger partial charge in [0.25, 0.3) is 5.91 Å². The van der Waals surface area contributed by atoms with Gasteiger partial charge in [0.15, 0.2) is 0 Å². The van der Waals surface area contributed by atoms with Gasteiger partial charge in [0, 0.05) is 6.92 Å². The molecule has 1 aliphatic heterocycles. The highest BCUT2D eigenvalue weighted by atomic mass is 16.5. The molecule has 3 unspecified atom stereocenters. The van der Waals surface area contributed by atoms with Crippen molar-refractivity contribution < 1.29 is 24.2 Å². The van der Waals surface area contributed by atoms with Gasteiger partial charge in [0.05, 0.1) is 13.2 Å². The lowest BCUT2D eigenvalue weighted by atomic mass is 9.93. The molecule has 0 bridgehead atoms. The van der Waals surface area contributed by atoms with Crippen LogP contribution in [0.3, 0.4) is 0 Å². The van der Waals surface area contributed by atoms with E-state index in [9.17, 15) is 19.5 Å². The van der Waals surface area contributed by atoms with Crippen LogP contribution in [0.15, 0.2) is 36.4 Å². The number of nitrogens with one attached hydrogen (secondary N) is 1. The van der Waals surface area contributed by atoms with E-state index in [0.717, 1.165) is 17.6 Å².